The van der Waals surface area contributed by atoms with E-state index in [4.69, 9.17) is 0 Å². The topological polar surface area (TPSA) is 71.2 Å². The highest BCUT2D eigenvalue weighted by Crippen LogP contribution is 2.21. The molecular weight excluding hydrogens is 376 g/mol. The highest BCUT2D eigenvalue weighted by molar-refractivity contribution is 6.00. The van der Waals surface area contributed by atoms with E-state index in [-0.39, 0.29) is 5.56 Å². The van der Waals surface area contributed by atoms with Crippen molar-refractivity contribution in [2.45, 2.75) is 85.7 Å². The maximum atomic E-state index is 11.5. The van der Waals surface area contributed by atoms with Crippen LogP contribution in [-0.2, 0) is 6.67 Å². The number of carboxylic acid groups (broad SMARTS) is 1. The molecule has 2 rings (SSSR count). The van der Waals surface area contributed by atoms with Crippen molar-refractivity contribution < 1.29 is 9.90 Å². The summed E-state index contributed by atoms with van der Waals surface area (Å²) in [6.07, 6.45) is 9.90. The quantitative estimate of drug-likeness (QED) is 0.396. The third kappa shape index (κ3) is 6.79. The van der Waals surface area contributed by atoms with Crippen LogP contribution in [0.25, 0.3) is 11.0 Å². The molecule has 1 heterocycles. The molecule has 0 spiro atoms. The summed E-state index contributed by atoms with van der Waals surface area (Å²) in [6.45, 7) is 11.9. The summed E-state index contributed by atoms with van der Waals surface area (Å²) in [7, 11) is 0. The fourth-order valence-electron chi connectivity index (χ4n) is 4.21. The molecule has 0 radical (unpaired) electrons. The van der Waals surface area contributed by atoms with Crippen molar-refractivity contribution in [1.29, 1.82) is 0 Å². The number of unbranched alkanes of at least 4 members (excludes halogenated alkanes) is 2. The van der Waals surface area contributed by atoms with Crippen LogP contribution in [0, 0.1) is 11.8 Å². The Hall–Kier alpha value is -1.95. The third-order valence-electron chi connectivity index (χ3n) is 6.23. The smallest absolute Gasteiger partial charge is 0.338 e. The number of carboxylic acids is 1. The number of carbonyl (C=O) groups is 1. The molecule has 0 bridgehead atoms. The number of benzene rings is 1. The first kappa shape index (κ1) is 24.3. The van der Waals surface area contributed by atoms with Crippen molar-refractivity contribution in [3.63, 3.8) is 0 Å². The lowest BCUT2D eigenvalue weighted by Crippen LogP contribution is -2.36. The maximum absolute atomic E-state index is 11.5. The third-order valence-corrected chi connectivity index (χ3v) is 6.23. The Kier molecular flexibility index (Phi) is 10.3. The molecule has 6 heteroatoms. The molecular formula is C24H40N4O2. The van der Waals surface area contributed by atoms with Gasteiger partial charge in [-0.1, -0.05) is 77.5 Å². The molecule has 0 fully saturated rings. The standard InChI is InChI=1S/C24H40N4O2/c1-5-9-12-19(7-3)16-27(17-20(8-4)13-10-6-2)18-28-22-15-11-14-21(24(29)30)23(22)25-26-28/h11,14-15,19-20H,5-10,12-13,16-18H2,1-4H3,(H,29,30). The Balaban J connectivity index is 2.24. The maximum Gasteiger partial charge on any atom is 0.338 e. The normalized spacial score (nSPS) is 13.8. The SMILES string of the molecule is CCCCC(CC)CN(CC(CC)CCCC)Cn1nnc2c(C(=O)O)cccc21. The molecule has 2 unspecified atom stereocenters. The van der Waals surface area contributed by atoms with Gasteiger partial charge in [-0.15, -0.1) is 5.10 Å². The van der Waals surface area contributed by atoms with Crippen LogP contribution in [0.4, 0.5) is 0 Å². The van der Waals surface area contributed by atoms with Crippen LogP contribution in [-0.4, -0.2) is 44.1 Å². The Morgan fingerprint density at radius 3 is 2.13 bits per heavy atom. The van der Waals surface area contributed by atoms with Crippen molar-refractivity contribution in [2.75, 3.05) is 13.1 Å². The second-order valence-electron chi connectivity index (χ2n) is 8.58. The van der Waals surface area contributed by atoms with E-state index in [0.29, 0.717) is 24.0 Å². The fourth-order valence-corrected chi connectivity index (χ4v) is 4.21. The minimum Gasteiger partial charge on any atom is -0.478 e. The molecule has 1 N–H and O–H groups in total. The number of fused-ring (bicyclic) bond motifs is 1. The number of nitrogens with zero attached hydrogens (tertiary/aromatic N) is 4. The monoisotopic (exact) mass is 416 g/mol. The van der Waals surface area contributed by atoms with Crippen LogP contribution < -0.4 is 0 Å². The molecule has 0 amide bonds. The highest BCUT2D eigenvalue weighted by Gasteiger charge is 2.20. The lowest BCUT2D eigenvalue weighted by Gasteiger charge is -2.30. The van der Waals surface area contributed by atoms with Crippen LogP contribution in [0.15, 0.2) is 18.2 Å². The van der Waals surface area contributed by atoms with Crippen LogP contribution in [0.1, 0.15) is 89.4 Å². The molecule has 0 saturated carbocycles. The van der Waals surface area contributed by atoms with E-state index in [1.165, 1.54) is 51.4 Å². The van der Waals surface area contributed by atoms with Gasteiger partial charge in [-0.3, -0.25) is 4.90 Å². The lowest BCUT2D eigenvalue weighted by molar-refractivity contribution is 0.0699. The van der Waals surface area contributed by atoms with Crippen LogP contribution in [0.2, 0.25) is 0 Å². The Bertz CT molecular complexity index is 756. The van der Waals surface area contributed by atoms with Gasteiger partial charge in [0.1, 0.15) is 5.52 Å². The van der Waals surface area contributed by atoms with Gasteiger partial charge < -0.3 is 5.11 Å². The minimum atomic E-state index is -0.958. The second-order valence-corrected chi connectivity index (χ2v) is 8.58. The average molecular weight is 417 g/mol. The zero-order chi connectivity index (χ0) is 21.9. The van der Waals surface area contributed by atoms with Crippen LogP contribution >= 0.6 is 0 Å². The molecule has 30 heavy (non-hydrogen) atoms. The fraction of sp³-hybridized carbons (Fsp3) is 0.708. The summed E-state index contributed by atoms with van der Waals surface area (Å²) in [5, 5.41) is 18.0. The van der Waals surface area contributed by atoms with Crippen molar-refractivity contribution in [3.8, 4) is 0 Å². The van der Waals surface area contributed by atoms with Gasteiger partial charge in [0.2, 0.25) is 0 Å². The highest BCUT2D eigenvalue weighted by atomic mass is 16.4. The molecule has 2 aromatic rings. The van der Waals surface area contributed by atoms with Gasteiger partial charge in [-0.05, 0) is 36.8 Å². The zero-order valence-corrected chi connectivity index (χ0v) is 19.3. The van der Waals surface area contributed by atoms with Crippen LogP contribution in [0.3, 0.4) is 0 Å². The van der Waals surface area contributed by atoms with E-state index in [2.05, 4.69) is 42.9 Å². The van der Waals surface area contributed by atoms with Crippen LogP contribution in [0.5, 0.6) is 0 Å². The van der Waals surface area contributed by atoms with E-state index >= 15 is 0 Å². The van der Waals surface area contributed by atoms with Gasteiger partial charge in [0, 0.05) is 13.1 Å². The molecule has 168 valence electrons. The van der Waals surface area contributed by atoms with Crippen molar-refractivity contribution in [1.82, 2.24) is 19.9 Å². The van der Waals surface area contributed by atoms with Gasteiger partial charge >= 0.3 is 5.97 Å². The molecule has 0 aliphatic carbocycles. The minimum absolute atomic E-state index is 0.217. The lowest BCUT2D eigenvalue weighted by atomic mass is 9.96. The number of hydrogen-bond donors (Lipinski definition) is 1. The first-order valence-corrected chi connectivity index (χ1v) is 11.8. The van der Waals surface area contributed by atoms with Crippen molar-refractivity contribution in [2.24, 2.45) is 11.8 Å². The summed E-state index contributed by atoms with van der Waals surface area (Å²) in [6, 6.07) is 5.29. The summed E-state index contributed by atoms with van der Waals surface area (Å²) < 4.78 is 1.88. The molecule has 0 aliphatic rings. The van der Waals surface area contributed by atoms with Gasteiger partial charge in [0.15, 0.2) is 0 Å². The van der Waals surface area contributed by atoms with Gasteiger partial charge in [0.05, 0.1) is 17.7 Å². The van der Waals surface area contributed by atoms with E-state index in [9.17, 15) is 9.90 Å². The predicted molar refractivity (Wildman–Crippen MR) is 123 cm³/mol. The number of aromatic carboxylic acids is 1. The summed E-state index contributed by atoms with van der Waals surface area (Å²) in [4.78, 5) is 14.1. The molecule has 1 aromatic heterocycles. The molecule has 0 saturated heterocycles. The number of rotatable bonds is 15. The first-order chi connectivity index (χ1) is 14.5. The van der Waals surface area contributed by atoms with E-state index in [1.54, 1.807) is 12.1 Å². The van der Waals surface area contributed by atoms with E-state index < -0.39 is 5.97 Å². The average Bonchev–Trinajstić information content (AvgIpc) is 3.16. The molecule has 2 atom stereocenters. The predicted octanol–water partition coefficient (Wildman–Crippen LogP) is 5.82. The molecule has 6 nitrogen and oxygen atoms in total. The number of hydrogen-bond acceptors (Lipinski definition) is 4. The van der Waals surface area contributed by atoms with Crippen molar-refractivity contribution >= 4 is 17.0 Å². The zero-order valence-electron chi connectivity index (χ0n) is 19.3. The van der Waals surface area contributed by atoms with E-state index in [1.807, 2.05) is 10.7 Å². The van der Waals surface area contributed by atoms with E-state index in [0.717, 1.165) is 18.6 Å². The number of aromatic nitrogens is 3. The Morgan fingerprint density at radius 2 is 1.63 bits per heavy atom. The summed E-state index contributed by atoms with van der Waals surface area (Å²) >= 11 is 0. The largest absolute Gasteiger partial charge is 0.478 e. The first-order valence-electron chi connectivity index (χ1n) is 11.8. The van der Waals surface area contributed by atoms with Gasteiger partial charge in [-0.2, -0.15) is 0 Å². The van der Waals surface area contributed by atoms with Gasteiger partial charge in [-0.25, -0.2) is 9.48 Å². The van der Waals surface area contributed by atoms with Gasteiger partial charge in [0.25, 0.3) is 0 Å². The van der Waals surface area contributed by atoms with Crippen molar-refractivity contribution in [3.05, 3.63) is 23.8 Å². The summed E-state index contributed by atoms with van der Waals surface area (Å²) in [5.41, 5.74) is 1.48. The molecule has 1 aromatic carbocycles. The second kappa shape index (κ2) is 12.7. The Labute approximate surface area is 181 Å². The molecule has 0 aliphatic heterocycles. The Morgan fingerprint density at radius 1 is 1.03 bits per heavy atom. The summed E-state index contributed by atoms with van der Waals surface area (Å²) in [5.74, 6) is 0.400.